The second-order valence-electron chi connectivity index (χ2n) is 6.42. The van der Waals surface area contributed by atoms with Crippen LogP contribution in [-0.4, -0.2) is 59.0 Å². The molecule has 0 aromatic heterocycles. The van der Waals surface area contributed by atoms with Crippen molar-refractivity contribution >= 4 is 33.1 Å². The fourth-order valence-electron chi connectivity index (χ4n) is 2.80. The molecule has 1 aromatic carbocycles. The normalized spacial score (nSPS) is 16.9. The molecule has 1 saturated heterocycles. The van der Waals surface area contributed by atoms with Crippen molar-refractivity contribution in [3.8, 4) is 0 Å². The molecular weight excluding hydrogens is 354 g/mol. The summed E-state index contributed by atoms with van der Waals surface area (Å²) in [6.07, 6.45) is 5.21. The molecule has 0 saturated carbocycles. The van der Waals surface area contributed by atoms with Crippen LogP contribution in [0.3, 0.4) is 0 Å². The second-order valence-corrected chi connectivity index (χ2v) is 8.96. The number of rotatable bonds is 4. The maximum Gasteiger partial charge on any atom is 0.276 e. The Balaban J connectivity index is 2.20. The minimum absolute atomic E-state index is 0.251. The maximum atomic E-state index is 12.8. The van der Waals surface area contributed by atoms with Crippen LogP contribution in [-0.2, 0) is 19.3 Å². The number of carbonyl (C=O) groups excluding carboxylic acids is 3. The van der Waals surface area contributed by atoms with Gasteiger partial charge >= 0.3 is 0 Å². The molecule has 1 aromatic rings. The van der Waals surface area contributed by atoms with E-state index >= 15 is 0 Å². The van der Waals surface area contributed by atoms with Crippen molar-refractivity contribution in [1.82, 2.24) is 4.90 Å². The van der Waals surface area contributed by atoms with Crippen molar-refractivity contribution in [2.45, 2.75) is 18.9 Å². The number of likely N-dealkylation sites (N-methyl/N-ethyl adjacent to an activating group) is 1. The van der Waals surface area contributed by atoms with Gasteiger partial charge in [0.05, 0.1) is 0 Å². The number of anilines is 1. The summed E-state index contributed by atoms with van der Waals surface area (Å²) in [6, 6.07) is 5.88. The van der Waals surface area contributed by atoms with Gasteiger partial charge in [-0.2, -0.15) is 4.36 Å². The van der Waals surface area contributed by atoms with Crippen molar-refractivity contribution < 1.29 is 18.6 Å². The van der Waals surface area contributed by atoms with Crippen LogP contribution in [0.5, 0.6) is 0 Å². The molecule has 7 nitrogen and oxygen atoms in total. The summed E-state index contributed by atoms with van der Waals surface area (Å²) in [6.45, 7) is 3.90. The Morgan fingerprint density at radius 2 is 1.88 bits per heavy atom. The minimum atomic E-state index is -2.56. The minimum Gasteiger partial charge on any atom is -0.327 e. The summed E-state index contributed by atoms with van der Waals surface area (Å²) in [7, 11) is -0.943. The fraction of sp³-hybridized carbons (Fsp3) is 0.389. The molecule has 26 heavy (non-hydrogen) atoms. The third-order valence-corrected chi connectivity index (χ3v) is 4.73. The van der Waals surface area contributed by atoms with Crippen LogP contribution in [0.1, 0.15) is 23.2 Å². The van der Waals surface area contributed by atoms with Gasteiger partial charge in [0, 0.05) is 47.1 Å². The molecule has 140 valence electrons. The Morgan fingerprint density at radius 3 is 2.42 bits per heavy atom. The van der Waals surface area contributed by atoms with E-state index in [9.17, 15) is 18.6 Å². The highest BCUT2D eigenvalue weighted by Crippen LogP contribution is 2.23. The first-order chi connectivity index (χ1) is 12.1. The average molecular weight is 377 g/mol. The van der Waals surface area contributed by atoms with Crippen LogP contribution in [0, 0.1) is 0 Å². The second kappa shape index (κ2) is 7.82. The molecule has 1 atom stereocenters. The number of benzene rings is 1. The van der Waals surface area contributed by atoms with E-state index in [0.717, 1.165) is 0 Å². The zero-order valence-corrected chi connectivity index (χ0v) is 16.0. The molecule has 0 aliphatic carbocycles. The van der Waals surface area contributed by atoms with Crippen molar-refractivity contribution in [3.05, 3.63) is 42.5 Å². The Hall–Kier alpha value is -2.48. The summed E-state index contributed by atoms with van der Waals surface area (Å²) in [4.78, 5) is 39.6. The molecule has 0 spiro atoms. The lowest BCUT2D eigenvalue weighted by Crippen LogP contribution is -2.40. The lowest BCUT2D eigenvalue weighted by atomic mass is 10.1. The maximum absolute atomic E-state index is 12.8. The summed E-state index contributed by atoms with van der Waals surface area (Å²) in [5.41, 5.74) is 1.05. The van der Waals surface area contributed by atoms with Gasteiger partial charge in [-0.3, -0.25) is 14.4 Å². The smallest absolute Gasteiger partial charge is 0.276 e. The molecule has 0 unspecified atom stereocenters. The monoisotopic (exact) mass is 377 g/mol. The predicted molar refractivity (Wildman–Crippen MR) is 102 cm³/mol. The highest BCUT2D eigenvalue weighted by Gasteiger charge is 2.34. The van der Waals surface area contributed by atoms with Gasteiger partial charge < -0.3 is 9.80 Å². The highest BCUT2D eigenvalue weighted by molar-refractivity contribution is 7.92. The van der Waals surface area contributed by atoms with Gasteiger partial charge in [-0.05, 0) is 43.2 Å². The van der Waals surface area contributed by atoms with E-state index in [2.05, 4.69) is 10.9 Å². The molecule has 0 radical (unpaired) electrons. The largest absolute Gasteiger partial charge is 0.327 e. The highest BCUT2D eigenvalue weighted by atomic mass is 32.2. The van der Waals surface area contributed by atoms with Crippen LogP contribution in [0.15, 0.2) is 41.3 Å². The van der Waals surface area contributed by atoms with E-state index in [1.54, 1.807) is 31.3 Å². The van der Waals surface area contributed by atoms with Gasteiger partial charge in [-0.1, -0.05) is 6.58 Å². The summed E-state index contributed by atoms with van der Waals surface area (Å²) in [5, 5.41) is 0. The van der Waals surface area contributed by atoms with Crippen LogP contribution >= 0.6 is 0 Å². The third kappa shape index (κ3) is 4.57. The molecule has 1 aliphatic rings. The Labute approximate surface area is 153 Å². The first kappa shape index (κ1) is 19.8. The average Bonchev–Trinajstić information content (AvgIpc) is 3.08. The van der Waals surface area contributed by atoms with Crippen molar-refractivity contribution in [2.24, 2.45) is 4.36 Å². The number of amides is 3. The lowest BCUT2D eigenvalue weighted by molar-refractivity contribution is -0.121. The molecule has 1 aliphatic heterocycles. The number of carbonyl (C=O) groups is 3. The van der Waals surface area contributed by atoms with E-state index in [-0.39, 0.29) is 11.8 Å². The van der Waals surface area contributed by atoms with Gasteiger partial charge in [0.15, 0.2) is 0 Å². The number of hydrogen-bond donors (Lipinski definition) is 0. The topological polar surface area (TPSA) is 87.1 Å². The lowest BCUT2D eigenvalue weighted by Gasteiger charge is -2.23. The van der Waals surface area contributed by atoms with Crippen molar-refractivity contribution in [3.63, 3.8) is 0 Å². The van der Waals surface area contributed by atoms with Crippen molar-refractivity contribution in [2.75, 3.05) is 31.0 Å². The SMILES string of the molecule is C=CC(=O)N(C)c1ccc(C(=O)N2CCC[C@H]2C(=O)N=S(C)(C)=O)cc1. The third-order valence-electron chi connectivity index (χ3n) is 4.12. The van der Waals surface area contributed by atoms with E-state index < -0.39 is 21.7 Å². The predicted octanol–water partition coefficient (Wildman–Crippen LogP) is 1.69. The first-order valence-electron chi connectivity index (χ1n) is 8.16. The van der Waals surface area contributed by atoms with E-state index in [1.807, 2.05) is 0 Å². The Bertz CT molecular complexity index is 846. The molecule has 8 heteroatoms. The molecule has 1 fully saturated rings. The number of likely N-dealkylation sites (tertiary alicyclic amines) is 1. The summed E-state index contributed by atoms with van der Waals surface area (Å²) in [5.74, 6) is -1.04. The molecule has 0 bridgehead atoms. The molecule has 1 heterocycles. The number of nitrogens with zero attached hydrogens (tertiary/aromatic N) is 3. The van der Waals surface area contributed by atoms with Gasteiger partial charge in [-0.25, -0.2) is 4.21 Å². The van der Waals surface area contributed by atoms with Gasteiger partial charge in [0.1, 0.15) is 6.04 Å². The molecular formula is C18H23N3O4S. The quantitative estimate of drug-likeness (QED) is 0.747. The van der Waals surface area contributed by atoms with Crippen LogP contribution < -0.4 is 4.90 Å². The fourth-order valence-corrected chi connectivity index (χ4v) is 3.36. The van der Waals surface area contributed by atoms with Crippen LogP contribution in [0.4, 0.5) is 5.69 Å². The van der Waals surface area contributed by atoms with Crippen LogP contribution in [0.25, 0.3) is 0 Å². The van der Waals surface area contributed by atoms with E-state index in [4.69, 9.17) is 0 Å². The summed E-state index contributed by atoms with van der Waals surface area (Å²) >= 11 is 0. The molecule has 2 rings (SSSR count). The zero-order chi connectivity index (χ0) is 19.5. The first-order valence-corrected chi connectivity index (χ1v) is 10.5. The van der Waals surface area contributed by atoms with E-state index in [1.165, 1.54) is 28.4 Å². The van der Waals surface area contributed by atoms with Gasteiger partial charge in [-0.15, -0.1) is 0 Å². The zero-order valence-electron chi connectivity index (χ0n) is 15.2. The molecule has 3 amide bonds. The van der Waals surface area contributed by atoms with E-state index in [0.29, 0.717) is 30.6 Å². The van der Waals surface area contributed by atoms with Gasteiger partial charge in [0.2, 0.25) is 5.91 Å². The molecule has 0 N–H and O–H groups in total. The van der Waals surface area contributed by atoms with Crippen molar-refractivity contribution in [1.29, 1.82) is 0 Å². The number of hydrogen-bond acceptors (Lipinski definition) is 4. The van der Waals surface area contributed by atoms with Gasteiger partial charge in [0.25, 0.3) is 11.8 Å². The Kier molecular flexibility index (Phi) is 5.97. The standard InChI is InChI=1S/C18H23N3O4S/c1-5-16(22)20(2)14-10-8-13(9-11-14)18(24)21-12-6-7-15(21)17(23)19-26(3,4)25/h5,8-11,15H,1,6-7,12H2,2-4H3/t15-/m0/s1. The summed E-state index contributed by atoms with van der Waals surface area (Å²) < 4.78 is 15.5. The Morgan fingerprint density at radius 1 is 1.27 bits per heavy atom. The van der Waals surface area contributed by atoms with Crippen LogP contribution in [0.2, 0.25) is 0 Å².